The fourth-order valence-electron chi connectivity index (χ4n) is 1.84. The zero-order valence-corrected chi connectivity index (χ0v) is 13.5. The lowest BCUT2D eigenvalue weighted by atomic mass is 10.2. The highest BCUT2D eigenvalue weighted by Gasteiger charge is 2.19. The molecule has 5 heteroatoms. The maximum absolute atomic E-state index is 6.08. The maximum atomic E-state index is 6.08. The molecule has 1 aliphatic rings. The number of ether oxygens (including phenoxy) is 1. The summed E-state index contributed by atoms with van der Waals surface area (Å²) >= 11 is 13.8. The Labute approximate surface area is 138 Å². The topological polar surface area (TPSA) is 21.6 Å². The first kappa shape index (κ1) is 14.8. The molecule has 1 fully saturated rings. The molecule has 0 N–H and O–H groups in total. The molecule has 108 valence electrons. The van der Waals surface area contributed by atoms with Gasteiger partial charge in [0.25, 0.3) is 0 Å². The normalized spacial score (nSPS) is 15.1. The van der Waals surface area contributed by atoms with E-state index in [1.165, 1.54) is 0 Å². The molecular weight excluding hydrogens is 325 g/mol. The second-order valence-corrected chi connectivity index (χ2v) is 6.62. The second-order valence-electron chi connectivity index (χ2n) is 4.70. The van der Waals surface area contributed by atoms with Gasteiger partial charge in [-0.2, -0.15) is 11.8 Å². The van der Waals surface area contributed by atoms with Crippen molar-refractivity contribution in [3.63, 3.8) is 0 Å². The van der Waals surface area contributed by atoms with Gasteiger partial charge in [-0.05, 0) is 48.0 Å². The summed E-state index contributed by atoms with van der Waals surface area (Å²) in [7, 11) is 0. The van der Waals surface area contributed by atoms with Crippen LogP contribution in [0.15, 0.2) is 47.5 Å². The molecule has 0 saturated carbocycles. The Bertz CT molecular complexity index is 654. The average molecular weight is 338 g/mol. The molecule has 3 rings (SSSR count). The van der Waals surface area contributed by atoms with E-state index in [0.29, 0.717) is 21.8 Å². The van der Waals surface area contributed by atoms with Crippen LogP contribution in [-0.2, 0) is 0 Å². The molecule has 2 nitrogen and oxygen atoms in total. The third kappa shape index (κ3) is 3.94. The Balaban J connectivity index is 1.67. The van der Waals surface area contributed by atoms with E-state index in [1.807, 2.05) is 36.0 Å². The standard InChI is InChI=1S/C16H13Cl2NOS/c17-12-3-6-16(15(18)7-12)19-8-11-1-4-13(5-2-11)20-14-9-21-10-14/h1-8,14H,9-10H2. The second kappa shape index (κ2) is 6.73. The minimum atomic E-state index is 0.363. The molecule has 0 spiro atoms. The maximum Gasteiger partial charge on any atom is 0.119 e. The number of benzene rings is 2. The van der Waals surface area contributed by atoms with Crippen molar-refractivity contribution in [3.05, 3.63) is 58.1 Å². The molecule has 1 heterocycles. The molecule has 0 bridgehead atoms. The fourth-order valence-corrected chi connectivity index (χ4v) is 2.86. The van der Waals surface area contributed by atoms with Crippen LogP contribution in [0.25, 0.3) is 0 Å². The van der Waals surface area contributed by atoms with Gasteiger partial charge in [0.1, 0.15) is 11.9 Å². The number of nitrogens with zero attached hydrogens (tertiary/aromatic N) is 1. The predicted molar refractivity (Wildman–Crippen MR) is 91.9 cm³/mol. The van der Waals surface area contributed by atoms with E-state index in [2.05, 4.69) is 4.99 Å². The van der Waals surface area contributed by atoms with Crippen LogP contribution in [0, 0.1) is 0 Å². The molecule has 1 saturated heterocycles. The lowest BCUT2D eigenvalue weighted by molar-refractivity contribution is 0.240. The fraction of sp³-hybridized carbons (Fsp3) is 0.188. The van der Waals surface area contributed by atoms with Crippen LogP contribution in [-0.4, -0.2) is 23.8 Å². The van der Waals surface area contributed by atoms with Crippen molar-refractivity contribution in [2.24, 2.45) is 4.99 Å². The summed E-state index contributed by atoms with van der Waals surface area (Å²) in [6, 6.07) is 13.1. The van der Waals surface area contributed by atoms with Gasteiger partial charge in [-0.1, -0.05) is 23.2 Å². The van der Waals surface area contributed by atoms with Gasteiger partial charge < -0.3 is 4.74 Å². The largest absolute Gasteiger partial charge is 0.489 e. The summed E-state index contributed by atoms with van der Waals surface area (Å²) in [5.41, 5.74) is 1.70. The van der Waals surface area contributed by atoms with Crippen LogP contribution in [0.3, 0.4) is 0 Å². The predicted octanol–water partition coefficient (Wildman–Crippen LogP) is 5.24. The molecule has 21 heavy (non-hydrogen) atoms. The van der Waals surface area contributed by atoms with Crippen molar-refractivity contribution in [1.29, 1.82) is 0 Å². The highest BCUT2D eigenvalue weighted by molar-refractivity contribution is 8.00. The molecule has 0 aliphatic carbocycles. The van der Waals surface area contributed by atoms with Crippen LogP contribution < -0.4 is 4.74 Å². The Morgan fingerprint density at radius 3 is 2.48 bits per heavy atom. The minimum absolute atomic E-state index is 0.363. The molecule has 2 aromatic rings. The zero-order chi connectivity index (χ0) is 14.7. The monoisotopic (exact) mass is 337 g/mol. The van der Waals surface area contributed by atoms with Crippen LogP contribution in [0.5, 0.6) is 5.75 Å². The minimum Gasteiger partial charge on any atom is -0.489 e. The number of aliphatic imine (C=N–C) groups is 1. The van der Waals surface area contributed by atoms with Crippen molar-refractivity contribution in [2.75, 3.05) is 11.5 Å². The molecule has 0 unspecified atom stereocenters. The third-order valence-electron chi connectivity index (χ3n) is 3.05. The SMILES string of the molecule is Clc1ccc(N=Cc2ccc(OC3CSC3)cc2)c(Cl)c1. The lowest BCUT2D eigenvalue weighted by Crippen LogP contribution is -2.30. The third-order valence-corrected chi connectivity index (χ3v) is 4.81. The van der Waals surface area contributed by atoms with Crippen molar-refractivity contribution in [2.45, 2.75) is 6.10 Å². The Kier molecular flexibility index (Phi) is 4.73. The van der Waals surface area contributed by atoms with Crippen molar-refractivity contribution in [3.8, 4) is 5.75 Å². The summed E-state index contributed by atoms with van der Waals surface area (Å²) in [6.45, 7) is 0. The number of rotatable bonds is 4. The average Bonchev–Trinajstić information content (AvgIpc) is 2.43. The Morgan fingerprint density at radius 2 is 1.86 bits per heavy atom. The molecule has 0 aromatic heterocycles. The van der Waals surface area contributed by atoms with E-state index in [1.54, 1.807) is 24.4 Å². The summed E-state index contributed by atoms with van der Waals surface area (Å²) in [5, 5.41) is 1.15. The van der Waals surface area contributed by atoms with E-state index < -0.39 is 0 Å². The number of hydrogen-bond acceptors (Lipinski definition) is 3. The summed E-state index contributed by atoms with van der Waals surface area (Å²) in [6.07, 6.45) is 2.14. The van der Waals surface area contributed by atoms with E-state index >= 15 is 0 Å². The number of thioether (sulfide) groups is 1. The smallest absolute Gasteiger partial charge is 0.119 e. The first-order valence-corrected chi connectivity index (χ1v) is 8.45. The van der Waals surface area contributed by atoms with Crippen LogP contribution in [0.1, 0.15) is 5.56 Å². The highest BCUT2D eigenvalue weighted by Crippen LogP contribution is 2.28. The van der Waals surface area contributed by atoms with Crippen molar-refractivity contribution >= 4 is 46.9 Å². The molecular formula is C16H13Cl2NOS. The molecule has 2 aromatic carbocycles. The van der Waals surface area contributed by atoms with E-state index in [9.17, 15) is 0 Å². The zero-order valence-electron chi connectivity index (χ0n) is 11.1. The van der Waals surface area contributed by atoms with Gasteiger partial charge in [0.15, 0.2) is 0 Å². The van der Waals surface area contributed by atoms with Gasteiger partial charge in [-0.3, -0.25) is 4.99 Å². The van der Waals surface area contributed by atoms with Gasteiger partial charge in [0, 0.05) is 22.7 Å². The molecule has 0 amide bonds. The summed E-state index contributed by atoms with van der Waals surface area (Å²) in [4.78, 5) is 4.38. The van der Waals surface area contributed by atoms with E-state index in [0.717, 1.165) is 22.8 Å². The molecule has 0 radical (unpaired) electrons. The highest BCUT2D eigenvalue weighted by atomic mass is 35.5. The summed E-state index contributed by atoms with van der Waals surface area (Å²) in [5.74, 6) is 3.07. The van der Waals surface area contributed by atoms with E-state index in [4.69, 9.17) is 27.9 Å². The van der Waals surface area contributed by atoms with Gasteiger partial charge in [-0.15, -0.1) is 0 Å². The van der Waals surface area contributed by atoms with Gasteiger partial charge >= 0.3 is 0 Å². The van der Waals surface area contributed by atoms with Crippen LogP contribution >= 0.6 is 35.0 Å². The summed E-state index contributed by atoms with van der Waals surface area (Å²) < 4.78 is 5.80. The van der Waals surface area contributed by atoms with Crippen molar-refractivity contribution < 1.29 is 4.74 Å². The van der Waals surface area contributed by atoms with Crippen molar-refractivity contribution in [1.82, 2.24) is 0 Å². The van der Waals surface area contributed by atoms with E-state index in [-0.39, 0.29) is 0 Å². The quantitative estimate of drug-likeness (QED) is 0.711. The molecule has 0 atom stereocenters. The van der Waals surface area contributed by atoms with Crippen LogP contribution in [0.2, 0.25) is 10.0 Å². The Hall–Kier alpha value is -1.16. The first-order chi connectivity index (χ1) is 10.2. The van der Waals surface area contributed by atoms with Gasteiger partial charge in [0.05, 0.1) is 10.7 Å². The lowest BCUT2D eigenvalue weighted by Gasteiger charge is -2.25. The van der Waals surface area contributed by atoms with Crippen LogP contribution in [0.4, 0.5) is 5.69 Å². The molecule has 1 aliphatic heterocycles. The van der Waals surface area contributed by atoms with Gasteiger partial charge in [-0.25, -0.2) is 0 Å². The Morgan fingerprint density at radius 1 is 1.10 bits per heavy atom. The van der Waals surface area contributed by atoms with Gasteiger partial charge in [0.2, 0.25) is 0 Å². The number of halogens is 2. The first-order valence-electron chi connectivity index (χ1n) is 6.54. The number of hydrogen-bond donors (Lipinski definition) is 0.